The van der Waals surface area contributed by atoms with E-state index < -0.39 is 0 Å². The molecule has 0 bridgehead atoms. The lowest BCUT2D eigenvalue weighted by molar-refractivity contribution is 0.0836. The highest BCUT2D eigenvalue weighted by atomic mass is 35.5. The maximum Gasteiger partial charge on any atom is 0.119 e. The smallest absolute Gasteiger partial charge is 0.119 e. The highest BCUT2D eigenvalue weighted by Crippen LogP contribution is 2.33. The highest BCUT2D eigenvalue weighted by Gasteiger charge is 2.23. The van der Waals surface area contributed by atoms with Crippen molar-refractivity contribution in [2.45, 2.75) is 32.1 Å². The van der Waals surface area contributed by atoms with E-state index in [9.17, 15) is 0 Å². The van der Waals surface area contributed by atoms with E-state index in [4.69, 9.17) is 30.9 Å². The number of hydrogen-bond acceptors (Lipinski definition) is 4. The molecule has 5 heteroatoms. The summed E-state index contributed by atoms with van der Waals surface area (Å²) in [4.78, 5) is 0. The lowest BCUT2D eigenvalue weighted by atomic mass is 9.78. The van der Waals surface area contributed by atoms with E-state index >= 15 is 0 Å². The minimum Gasteiger partial charge on any atom is -0.494 e. The van der Waals surface area contributed by atoms with Crippen molar-refractivity contribution in [3.8, 4) is 11.5 Å². The van der Waals surface area contributed by atoms with Crippen LogP contribution in [0.1, 0.15) is 37.8 Å². The molecule has 0 saturated carbocycles. The topological polar surface area (TPSA) is 47.9 Å². The van der Waals surface area contributed by atoms with Gasteiger partial charge >= 0.3 is 0 Å². The Morgan fingerprint density at radius 2 is 1.25 bits per heavy atom. The van der Waals surface area contributed by atoms with Gasteiger partial charge in [-0.3, -0.25) is 0 Å². The maximum atomic E-state index is 8.67. The van der Waals surface area contributed by atoms with Crippen molar-refractivity contribution in [1.29, 1.82) is 0 Å². The van der Waals surface area contributed by atoms with Crippen LogP contribution in [-0.2, 0) is 10.2 Å². The second-order valence-corrected chi connectivity index (χ2v) is 7.48. The van der Waals surface area contributed by atoms with E-state index in [1.54, 1.807) is 0 Å². The van der Waals surface area contributed by atoms with Crippen LogP contribution >= 0.6 is 11.6 Å². The Balaban J connectivity index is 1.90. The van der Waals surface area contributed by atoms with E-state index in [-0.39, 0.29) is 12.0 Å². The van der Waals surface area contributed by atoms with E-state index in [2.05, 4.69) is 38.1 Å². The second-order valence-electron chi connectivity index (χ2n) is 7.10. The number of alkyl halides is 1. The Morgan fingerprint density at radius 3 is 1.71 bits per heavy atom. The van der Waals surface area contributed by atoms with Crippen LogP contribution in [-0.4, -0.2) is 44.0 Å². The van der Waals surface area contributed by atoms with E-state index in [1.807, 2.05) is 24.3 Å². The normalized spacial score (nSPS) is 11.4. The van der Waals surface area contributed by atoms with E-state index in [1.165, 1.54) is 11.1 Å². The monoisotopic (exact) mass is 406 g/mol. The number of halogens is 1. The van der Waals surface area contributed by atoms with Crippen LogP contribution in [0.25, 0.3) is 0 Å². The molecule has 0 aliphatic carbocycles. The Hall–Kier alpha value is -1.75. The van der Waals surface area contributed by atoms with Crippen molar-refractivity contribution in [1.82, 2.24) is 0 Å². The average molecular weight is 407 g/mol. The van der Waals surface area contributed by atoms with Gasteiger partial charge in [0.2, 0.25) is 0 Å². The fraction of sp³-hybridized carbons (Fsp3) is 0.478. The number of hydrogen-bond donors (Lipinski definition) is 1. The van der Waals surface area contributed by atoms with Gasteiger partial charge in [0.25, 0.3) is 0 Å². The standard InChI is InChI=1S/C23H31ClO4/c1-23(2,19-5-9-21(10-6-19)27-16-3-13-24)20-7-11-22(12-8-20)28-17-4-15-26-18-14-25/h5-12,25H,3-4,13-18H2,1-2H3. The SMILES string of the molecule is CC(C)(c1ccc(OCCCCl)cc1)c1ccc(OCCCOCCO)cc1. The molecular weight excluding hydrogens is 376 g/mol. The molecule has 0 spiro atoms. The van der Waals surface area contributed by atoms with Crippen LogP contribution in [0.3, 0.4) is 0 Å². The molecule has 2 rings (SSSR count). The molecule has 0 fully saturated rings. The fourth-order valence-corrected chi connectivity index (χ4v) is 2.97. The van der Waals surface area contributed by atoms with Gasteiger partial charge in [-0.15, -0.1) is 11.6 Å². The molecule has 28 heavy (non-hydrogen) atoms. The zero-order valence-electron chi connectivity index (χ0n) is 16.8. The van der Waals surface area contributed by atoms with Crippen LogP contribution < -0.4 is 9.47 Å². The molecule has 0 atom stereocenters. The summed E-state index contributed by atoms with van der Waals surface area (Å²) in [6, 6.07) is 16.5. The van der Waals surface area contributed by atoms with Gasteiger partial charge in [-0.05, 0) is 41.8 Å². The van der Waals surface area contributed by atoms with Crippen molar-refractivity contribution in [3.05, 3.63) is 59.7 Å². The Bertz CT molecular complexity index is 668. The number of aliphatic hydroxyl groups excluding tert-OH is 1. The van der Waals surface area contributed by atoms with Gasteiger partial charge in [-0.25, -0.2) is 0 Å². The van der Waals surface area contributed by atoms with Gasteiger partial charge in [0.1, 0.15) is 11.5 Å². The summed E-state index contributed by atoms with van der Waals surface area (Å²) in [6.07, 6.45) is 1.64. The molecule has 0 amide bonds. The average Bonchev–Trinajstić information content (AvgIpc) is 2.71. The maximum absolute atomic E-state index is 8.67. The van der Waals surface area contributed by atoms with Gasteiger partial charge < -0.3 is 19.3 Å². The molecule has 0 saturated heterocycles. The summed E-state index contributed by atoms with van der Waals surface area (Å²) in [5.41, 5.74) is 2.33. The number of ether oxygens (including phenoxy) is 3. The minimum absolute atomic E-state index is 0.0574. The summed E-state index contributed by atoms with van der Waals surface area (Å²) in [7, 11) is 0. The first kappa shape index (κ1) is 22.5. The Kier molecular flexibility index (Phi) is 9.62. The predicted molar refractivity (Wildman–Crippen MR) is 114 cm³/mol. The molecule has 4 nitrogen and oxygen atoms in total. The van der Waals surface area contributed by atoms with Crippen molar-refractivity contribution >= 4 is 11.6 Å². The van der Waals surface area contributed by atoms with Gasteiger partial charge in [-0.2, -0.15) is 0 Å². The van der Waals surface area contributed by atoms with Crippen molar-refractivity contribution in [2.24, 2.45) is 0 Å². The Morgan fingerprint density at radius 1 is 0.750 bits per heavy atom. The number of rotatable bonds is 13. The molecule has 0 unspecified atom stereocenters. The van der Waals surface area contributed by atoms with Gasteiger partial charge in [0.15, 0.2) is 0 Å². The van der Waals surface area contributed by atoms with Gasteiger partial charge in [0.05, 0.1) is 26.4 Å². The molecule has 0 aliphatic heterocycles. The predicted octanol–water partition coefficient (Wildman–Crippen LogP) is 4.80. The lowest BCUT2D eigenvalue weighted by Gasteiger charge is -2.26. The molecule has 0 radical (unpaired) electrons. The largest absolute Gasteiger partial charge is 0.494 e. The van der Waals surface area contributed by atoms with Crippen LogP contribution in [0.15, 0.2) is 48.5 Å². The summed E-state index contributed by atoms with van der Waals surface area (Å²) in [5.74, 6) is 2.34. The van der Waals surface area contributed by atoms with Crippen LogP contribution in [0, 0.1) is 0 Å². The zero-order chi connectivity index (χ0) is 20.2. The number of aliphatic hydroxyl groups is 1. The molecule has 0 heterocycles. The molecule has 2 aromatic carbocycles. The van der Waals surface area contributed by atoms with Gasteiger partial charge in [0, 0.05) is 24.3 Å². The summed E-state index contributed by atoms with van der Waals surface area (Å²) in [6.45, 7) is 6.69. The minimum atomic E-state index is -0.120. The zero-order valence-corrected chi connectivity index (χ0v) is 17.6. The molecule has 0 aromatic heterocycles. The fourth-order valence-electron chi connectivity index (χ4n) is 2.86. The molecular formula is C23H31ClO4. The van der Waals surface area contributed by atoms with Crippen LogP contribution in [0.5, 0.6) is 11.5 Å². The van der Waals surface area contributed by atoms with E-state index in [0.29, 0.717) is 32.3 Å². The Labute approximate surface area is 173 Å². The third-order valence-electron chi connectivity index (χ3n) is 4.64. The molecule has 0 aliphatic rings. The van der Waals surface area contributed by atoms with Gasteiger partial charge in [-0.1, -0.05) is 38.1 Å². The lowest BCUT2D eigenvalue weighted by Crippen LogP contribution is -2.18. The van der Waals surface area contributed by atoms with Crippen molar-refractivity contribution < 1.29 is 19.3 Å². The molecule has 1 N–H and O–H groups in total. The van der Waals surface area contributed by atoms with Crippen LogP contribution in [0.2, 0.25) is 0 Å². The van der Waals surface area contributed by atoms with E-state index in [0.717, 1.165) is 24.3 Å². The highest BCUT2D eigenvalue weighted by molar-refractivity contribution is 6.17. The third-order valence-corrected chi connectivity index (χ3v) is 4.90. The summed E-state index contributed by atoms with van der Waals surface area (Å²) in [5, 5.41) is 8.67. The number of benzene rings is 2. The summed E-state index contributed by atoms with van der Waals surface area (Å²) >= 11 is 5.68. The second kappa shape index (κ2) is 11.9. The van der Waals surface area contributed by atoms with Crippen LogP contribution in [0.4, 0.5) is 0 Å². The first-order valence-electron chi connectivity index (χ1n) is 9.79. The quantitative estimate of drug-likeness (QED) is 0.383. The molecule has 2 aromatic rings. The third kappa shape index (κ3) is 7.01. The molecule has 154 valence electrons. The first-order chi connectivity index (χ1) is 13.6. The summed E-state index contributed by atoms with van der Waals surface area (Å²) < 4.78 is 16.7. The van der Waals surface area contributed by atoms with Crippen molar-refractivity contribution in [2.75, 3.05) is 38.9 Å². The first-order valence-corrected chi connectivity index (χ1v) is 10.3. The van der Waals surface area contributed by atoms with Crippen molar-refractivity contribution in [3.63, 3.8) is 0 Å².